The van der Waals surface area contributed by atoms with Gasteiger partial charge in [0.15, 0.2) is 0 Å². The number of nitrogens with zero attached hydrogens (tertiary/aromatic N) is 3. The first-order valence-electron chi connectivity index (χ1n) is 6.49. The van der Waals surface area contributed by atoms with Gasteiger partial charge in [-0.25, -0.2) is 13.1 Å². The second-order valence-electron chi connectivity index (χ2n) is 4.61. The van der Waals surface area contributed by atoms with Crippen LogP contribution in [0.2, 0.25) is 5.02 Å². The molecular weight excluding hydrogens is 340 g/mol. The van der Waals surface area contributed by atoms with Gasteiger partial charge < -0.3 is 4.52 Å². The van der Waals surface area contributed by atoms with Gasteiger partial charge in [0.2, 0.25) is 0 Å². The molecule has 0 aliphatic carbocycles. The minimum absolute atomic E-state index is 0.0156. The van der Waals surface area contributed by atoms with Crippen LogP contribution in [0.15, 0.2) is 52.3 Å². The van der Waals surface area contributed by atoms with Crippen LogP contribution in [-0.2, 0) is 10.0 Å². The quantitative estimate of drug-likeness (QED) is 0.776. The largest absolute Gasteiger partial charge is 0.336 e. The van der Waals surface area contributed by atoms with Gasteiger partial charge in [-0.1, -0.05) is 16.8 Å². The highest BCUT2D eigenvalue weighted by atomic mass is 35.5. The van der Waals surface area contributed by atoms with Crippen molar-refractivity contribution in [3.8, 4) is 11.3 Å². The van der Waals surface area contributed by atoms with Gasteiger partial charge in [0.25, 0.3) is 15.9 Å². The highest BCUT2D eigenvalue weighted by molar-refractivity contribution is 7.92. The van der Waals surface area contributed by atoms with E-state index < -0.39 is 10.0 Å². The van der Waals surface area contributed by atoms with E-state index in [1.807, 2.05) is 0 Å². The molecule has 0 fully saturated rings. The molecule has 0 spiro atoms. The van der Waals surface area contributed by atoms with Gasteiger partial charge in [0, 0.05) is 24.2 Å². The standard InChI is InChI=1S/C14H11ClN4O3S/c1-9-12(15)14(22-18-9)19-23(20,21)11-5-3-7-17-13(11)10-4-2-6-16-8-10/h2-8,19H,1H3. The molecule has 0 radical (unpaired) electrons. The van der Waals surface area contributed by atoms with Crippen molar-refractivity contribution in [3.05, 3.63) is 53.6 Å². The topological polar surface area (TPSA) is 98.0 Å². The number of aryl methyl sites for hydroxylation is 1. The predicted octanol–water partition coefficient (Wildman–Crippen LogP) is 2.89. The molecule has 0 aromatic carbocycles. The molecule has 3 aromatic heterocycles. The molecule has 0 amide bonds. The van der Waals surface area contributed by atoms with Crippen LogP contribution in [-0.4, -0.2) is 23.5 Å². The number of halogens is 1. The van der Waals surface area contributed by atoms with Gasteiger partial charge in [-0.05, 0) is 31.2 Å². The molecule has 23 heavy (non-hydrogen) atoms. The Kier molecular flexibility index (Phi) is 4.01. The second-order valence-corrected chi connectivity index (χ2v) is 6.64. The van der Waals surface area contributed by atoms with Crippen molar-refractivity contribution in [3.63, 3.8) is 0 Å². The second kappa shape index (κ2) is 5.98. The van der Waals surface area contributed by atoms with Crippen molar-refractivity contribution in [2.24, 2.45) is 0 Å². The number of sulfonamides is 1. The highest BCUT2D eigenvalue weighted by Crippen LogP contribution is 2.30. The van der Waals surface area contributed by atoms with Gasteiger partial charge in [0.1, 0.15) is 15.6 Å². The summed E-state index contributed by atoms with van der Waals surface area (Å²) in [7, 11) is -3.96. The summed E-state index contributed by atoms with van der Waals surface area (Å²) < 4.78 is 32.5. The molecular formula is C14H11ClN4O3S. The van der Waals surface area contributed by atoms with Crippen LogP contribution in [0.3, 0.4) is 0 Å². The number of hydrogen-bond acceptors (Lipinski definition) is 6. The Balaban J connectivity index is 2.06. The SMILES string of the molecule is Cc1noc(NS(=O)(=O)c2cccnc2-c2cccnc2)c1Cl. The lowest BCUT2D eigenvalue weighted by Gasteiger charge is -2.09. The average Bonchev–Trinajstić information content (AvgIpc) is 2.87. The number of nitrogens with one attached hydrogen (secondary N) is 1. The lowest BCUT2D eigenvalue weighted by atomic mass is 10.2. The maximum absolute atomic E-state index is 12.6. The first-order chi connectivity index (χ1) is 11.0. The first-order valence-corrected chi connectivity index (χ1v) is 8.35. The third kappa shape index (κ3) is 3.03. The lowest BCUT2D eigenvalue weighted by molar-refractivity contribution is 0.430. The van der Waals surface area contributed by atoms with Crippen LogP contribution in [0, 0.1) is 6.92 Å². The zero-order valence-electron chi connectivity index (χ0n) is 11.9. The molecule has 9 heteroatoms. The number of anilines is 1. The Morgan fingerprint density at radius 1 is 1.22 bits per heavy atom. The van der Waals surface area contributed by atoms with Crippen LogP contribution in [0.1, 0.15) is 5.69 Å². The fourth-order valence-electron chi connectivity index (χ4n) is 1.93. The van der Waals surface area contributed by atoms with Crippen LogP contribution in [0.4, 0.5) is 5.88 Å². The number of rotatable bonds is 4. The summed E-state index contributed by atoms with van der Waals surface area (Å²) in [4.78, 5) is 8.11. The summed E-state index contributed by atoms with van der Waals surface area (Å²) in [6.07, 6.45) is 4.63. The molecule has 1 N–H and O–H groups in total. The summed E-state index contributed by atoms with van der Waals surface area (Å²) in [6.45, 7) is 1.61. The maximum Gasteiger partial charge on any atom is 0.266 e. The van der Waals surface area contributed by atoms with Crippen LogP contribution >= 0.6 is 11.6 Å². The zero-order chi connectivity index (χ0) is 16.4. The third-order valence-corrected chi connectivity index (χ3v) is 4.82. The fourth-order valence-corrected chi connectivity index (χ4v) is 3.27. The van der Waals surface area contributed by atoms with Crippen molar-refractivity contribution in [1.29, 1.82) is 0 Å². The van der Waals surface area contributed by atoms with Gasteiger partial charge in [-0.2, -0.15) is 0 Å². The third-order valence-electron chi connectivity index (χ3n) is 3.01. The van der Waals surface area contributed by atoms with E-state index in [9.17, 15) is 8.42 Å². The molecule has 0 unspecified atom stereocenters. The molecule has 3 rings (SSSR count). The van der Waals surface area contributed by atoms with Crippen molar-refractivity contribution >= 4 is 27.5 Å². The van der Waals surface area contributed by atoms with E-state index in [0.29, 0.717) is 11.3 Å². The minimum atomic E-state index is -3.96. The molecule has 0 atom stereocenters. The fraction of sp³-hybridized carbons (Fsp3) is 0.0714. The van der Waals surface area contributed by atoms with Gasteiger partial charge in [-0.3, -0.25) is 9.97 Å². The average molecular weight is 351 g/mol. The molecule has 0 bridgehead atoms. The van der Waals surface area contributed by atoms with Crippen molar-refractivity contribution in [2.75, 3.05) is 4.72 Å². The molecule has 0 aliphatic rings. The molecule has 3 aromatic rings. The molecule has 0 aliphatic heterocycles. The normalized spacial score (nSPS) is 11.4. The van der Waals surface area contributed by atoms with Crippen LogP contribution in [0.5, 0.6) is 0 Å². The van der Waals surface area contributed by atoms with E-state index in [4.69, 9.17) is 16.1 Å². The molecule has 0 saturated heterocycles. The zero-order valence-corrected chi connectivity index (χ0v) is 13.5. The maximum atomic E-state index is 12.6. The predicted molar refractivity (Wildman–Crippen MR) is 84.5 cm³/mol. The van der Waals surface area contributed by atoms with E-state index in [1.165, 1.54) is 24.5 Å². The Bertz CT molecular complexity index is 942. The summed E-state index contributed by atoms with van der Waals surface area (Å²) in [5.41, 5.74) is 1.25. The Morgan fingerprint density at radius 3 is 2.65 bits per heavy atom. The minimum Gasteiger partial charge on any atom is -0.336 e. The van der Waals surface area contributed by atoms with E-state index in [0.717, 1.165) is 0 Å². The lowest BCUT2D eigenvalue weighted by Crippen LogP contribution is -2.14. The van der Waals surface area contributed by atoms with Crippen molar-refractivity contribution < 1.29 is 12.9 Å². The molecule has 0 saturated carbocycles. The number of hydrogen-bond donors (Lipinski definition) is 1. The summed E-state index contributed by atoms with van der Waals surface area (Å²) in [5.74, 6) is -0.134. The number of aromatic nitrogens is 3. The van der Waals surface area contributed by atoms with Crippen LogP contribution < -0.4 is 4.72 Å². The molecule has 7 nitrogen and oxygen atoms in total. The number of pyridine rings is 2. The Hall–Kier alpha value is -2.45. The monoisotopic (exact) mass is 350 g/mol. The summed E-state index contributed by atoms with van der Waals surface area (Å²) in [5, 5.41) is 3.73. The van der Waals surface area contributed by atoms with Crippen molar-refractivity contribution in [2.45, 2.75) is 11.8 Å². The van der Waals surface area contributed by atoms with Crippen LogP contribution in [0.25, 0.3) is 11.3 Å². The Labute approximate surface area is 137 Å². The molecule has 3 heterocycles. The highest BCUT2D eigenvalue weighted by Gasteiger charge is 2.24. The smallest absolute Gasteiger partial charge is 0.266 e. The van der Waals surface area contributed by atoms with E-state index in [1.54, 1.807) is 25.3 Å². The summed E-state index contributed by atoms with van der Waals surface area (Å²) >= 11 is 5.95. The van der Waals surface area contributed by atoms with Gasteiger partial charge in [0.05, 0.1) is 5.69 Å². The molecule has 118 valence electrons. The first kappa shape index (κ1) is 15.4. The van der Waals surface area contributed by atoms with Gasteiger partial charge >= 0.3 is 0 Å². The van der Waals surface area contributed by atoms with E-state index in [-0.39, 0.29) is 21.5 Å². The Morgan fingerprint density at radius 2 is 2.00 bits per heavy atom. The van der Waals surface area contributed by atoms with Gasteiger partial charge in [-0.15, -0.1) is 0 Å². The summed E-state index contributed by atoms with van der Waals surface area (Å²) in [6, 6.07) is 6.39. The van der Waals surface area contributed by atoms with E-state index >= 15 is 0 Å². The van der Waals surface area contributed by atoms with Crippen molar-refractivity contribution in [1.82, 2.24) is 15.1 Å². The van der Waals surface area contributed by atoms with E-state index in [2.05, 4.69) is 19.8 Å².